The van der Waals surface area contributed by atoms with Crippen molar-refractivity contribution in [3.05, 3.63) is 0 Å². The fourth-order valence-corrected chi connectivity index (χ4v) is 1.51. The lowest BCUT2D eigenvalue weighted by Crippen LogP contribution is -2.47. The Morgan fingerprint density at radius 3 is 1.71 bits per heavy atom. The summed E-state index contributed by atoms with van der Waals surface area (Å²) in [5.74, 6) is 0. The van der Waals surface area contributed by atoms with Crippen molar-refractivity contribution >= 4 is 37.2 Å². The molecule has 0 aromatic rings. The summed E-state index contributed by atoms with van der Waals surface area (Å²) < 4.78 is 0. The van der Waals surface area contributed by atoms with E-state index in [1.54, 1.807) is 0 Å². The quantitative estimate of drug-likeness (QED) is 0.822. The normalized spacial score (nSPS) is 17.6. The second-order valence-electron chi connectivity index (χ2n) is 3.06. The van der Waals surface area contributed by atoms with Crippen molar-refractivity contribution in [1.82, 2.24) is 9.80 Å². The molecule has 0 amide bonds. The topological polar surface area (TPSA) is 32.5 Å². The van der Waals surface area contributed by atoms with Crippen LogP contribution in [0.4, 0.5) is 0 Å². The molecule has 0 bridgehead atoms. The summed E-state index contributed by atoms with van der Waals surface area (Å²) in [5, 5.41) is 0. The monoisotopic (exact) mass is 265 g/mol. The Bertz CT molecular complexity index is 108. The Balaban J connectivity index is -0.000000403. The number of likely N-dealkylation sites (N-methyl/N-ethyl adjacent to an activating group) is 1. The highest BCUT2D eigenvalue weighted by Crippen LogP contribution is 1.99. The minimum absolute atomic E-state index is 0. The predicted octanol–water partition coefficient (Wildman–Crippen LogP) is 0.848. The standard InChI is InChI=1S/C8H19N3.3ClH/c1-2-10-5-7-11(4-3-9)8-6-10;;;/h2-9H2,1H3;3*1H. The third kappa shape index (κ3) is 7.10. The van der Waals surface area contributed by atoms with Gasteiger partial charge in [-0.2, -0.15) is 0 Å². The molecule has 1 fully saturated rings. The molecule has 90 valence electrons. The van der Waals surface area contributed by atoms with Crippen LogP contribution in [0, 0.1) is 0 Å². The van der Waals surface area contributed by atoms with Gasteiger partial charge in [-0.05, 0) is 6.54 Å². The van der Waals surface area contributed by atoms with Crippen LogP contribution in [0.15, 0.2) is 0 Å². The zero-order valence-corrected chi connectivity index (χ0v) is 11.1. The number of hydrogen-bond acceptors (Lipinski definition) is 3. The van der Waals surface area contributed by atoms with Gasteiger partial charge >= 0.3 is 0 Å². The minimum Gasteiger partial charge on any atom is -0.329 e. The van der Waals surface area contributed by atoms with Crippen LogP contribution in [0.25, 0.3) is 0 Å². The highest BCUT2D eigenvalue weighted by molar-refractivity contribution is 5.86. The second-order valence-corrected chi connectivity index (χ2v) is 3.06. The summed E-state index contributed by atoms with van der Waals surface area (Å²) in [5.41, 5.74) is 5.47. The zero-order valence-electron chi connectivity index (χ0n) is 8.65. The molecule has 2 N–H and O–H groups in total. The number of nitrogens with zero attached hydrogens (tertiary/aromatic N) is 2. The molecule has 1 aliphatic heterocycles. The lowest BCUT2D eigenvalue weighted by Gasteiger charge is -2.33. The van der Waals surface area contributed by atoms with Gasteiger partial charge in [-0.1, -0.05) is 6.92 Å². The first-order valence-electron chi connectivity index (χ1n) is 4.51. The molecule has 0 spiro atoms. The van der Waals surface area contributed by atoms with E-state index in [1.807, 2.05) is 0 Å². The van der Waals surface area contributed by atoms with Crippen molar-refractivity contribution in [3.63, 3.8) is 0 Å². The van der Waals surface area contributed by atoms with Gasteiger partial charge in [-0.3, -0.25) is 4.90 Å². The molecular weight excluding hydrogens is 244 g/mol. The van der Waals surface area contributed by atoms with Gasteiger partial charge in [-0.15, -0.1) is 37.2 Å². The largest absolute Gasteiger partial charge is 0.329 e. The van der Waals surface area contributed by atoms with Gasteiger partial charge in [0, 0.05) is 39.3 Å². The average molecular weight is 267 g/mol. The van der Waals surface area contributed by atoms with E-state index in [9.17, 15) is 0 Å². The Hall–Kier alpha value is 0.750. The first-order valence-corrected chi connectivity index (χ1v) is 4.51. The van der Waals surface area contributed by atoms with Gasteiger partial charge in [0.1, 0.15) is 0 Å². The van der Waals surface area contributed by atoms with Gasteiger partial charge in [0.15, 0.2) is 0 Å². The fraction of sp³-hybridized carbons (Fsp3) is 1.00. The van der Waals surface area contributed by atoms with Crippen LogP contribution in [-0.2, 0) is 0 Å². The SMILES string of the molecule is CCN1CCN(CCN)CC1.Cl.Cl.Cl. The molecule has 1 rings (SSSR count). The molecule has 14 heavy (non-hydrogen) atoms. The third-order valence-corrected chi connectivity index (χ3v) is 2.36. The van der Waals surface area contributed by atoms with E-state index in [0.717, 1.165) is 13.1 Å². The Morgan fingerprint density at radius 1 is 0.929 bits per heavy atom. The summed E-state index contributed by atoms with van der Waals surface area (Å²) in [6, 6.07) is 0. The third-order valence-electron chi connectivity index (χ3n) is 2.36. The van der Waals surface area contributed by atoms with Crippen molar-refractivity contribution in [1.29, 1.82) is 0 Å². The maximum absolute atomic E-state index is 5.47. The van der Waals surface area contributed by atoms with Crippen molar-refractivity contribution < 1.29 is 0 Å². The molecular formula is C8H22Cl3N3. The molecule has 0 unspecified atom stereocenters. The predicted molar refractivity (Wildman–Crippen MR) is 69.4 cm³/mol. The summed E-state index contributed by atoms with van der Waals surface area (Å²) in [6.07, 6.45) is 0. The first-order chi connectivity index (χ1) is 5.36. The van der Waals surface area contributed by atoms with Crippen LogP contribution < -0.4 is 5.73 Å². The van der Waals surface area contributed by atoms with Crippen molar-refractivity contribution in [2.45, 2.75) is 6.92 Å². The minimum atomic E-state index is 0. The number of nitrogens with two attached hydrogens (primary N) is 1. The van der Waals surface area contributed by atoms with E-state index >= 15 is 0 Å². The van der Waals surface area contributed by atoms with E-state index in [4.69, 9.17) is 5.73 Å². The number of hydrogen-bond donors (Lipinski definition) is 1. The van der Waals surface area contributed by atoms with Crippen LogP contribution in [0.2, 0.25) is 0 Å². The molecule has 0 aromatic heterocycles. The van der Waals surface area contributed by atoms with Crippen molar-refractivity contribution in [2.24, 2.45) is 5.73 Å². The molecule has 0 radical (unpaired) electrons. The van der Waals surface area contributed by atoms with E-state index in [-0.39, 0.29) is 37.2 Å². The molecule has 3 nitrogen and oxygen atoms in total. The van der Waals surface area contributed by atoms with E-state index in [0.29, 0.717) is 0 Å². The highest BCUT2D eigenvalue weighted by Gasteiger charge is 2.13. The van der Waals surface area contributed by atoms with Crippen molar-refractivity contribution in [2.75, 3.05) is 45.8 Å². The summed E-state index contributed by atoms with van der Waals surface area (Å²) in [7, 11) is 0. The lowest BCUT2D eigenvalue weighted by molar-refractivity contribution is 0.140. The molecule has 1 saturated heterocycles. The van der Waals surface area contributed by atoms with Gasteiger partial charge in [0.25, 0.3) is 0 Å². The van der Waals surface area contributed by atoms with Crippen molar-refractivity contribution in [3.8, 4) is 0 Å². The summed E-state index contributed by atoms with van der Waals surface area (Å²) in [4.78, 5) is 4.92. The van der Waals surface area contributed by atoms with Gasteiger partial charge in [0.05, 0.1) is 0 Å². The summed E-state index contributed by atoms with van der Waals surface area (Å²) >= 11 is 0. The molecule has 6 heteroatoms. The van der Waals surface area contributed by atoms with E-state index < -0.39 is 0 Å². The number of rotatable bonds is 3. The lowest BCUT2D eigenvalue weighted by atomic mass is 10.3. The zero-order chi connectivity index (χ0) is 8.10. The molecule has 0 saturated carbocycles. The summed E-state index contributed by atoms with van der Waals surface area (Å²) in [6.45, 7) is 10.1. The molecule has 0 aromatic carbocycles. The molecule has 1 aliphatic rings. The Morgan fingerprint density at radius 2 is 1.36 bits per heavy atom. The maximum Gasteiger partial charge on any atom is 0.0110 e. The second kappa shape index (κ2) is 11.8. The maximum atomic E-state index is 5.47. The van der Waals surface area contributed by atoms with Crippen LogP contribution in [0.3, 0.4) is 0 Å². The smallest absolute Gasteiger partial charge is 0.0110 e. The first kappa shape index (κ1) is 20.2. The van der Waals surface area contributed by atoms with E-state index in [2.05, 4.69) is 16.7 Å². The van der Waals surface area contributed by atoms with E-state index in [1.165, 1.54) is 32.7 Å². The van der Waals surface area contributed by atoms with Gasteiger partial charge < -0.3 is 10.6 Å². The van der Waals surface area contributed by atoms with Gasteiger partial charge in [-0.25, -0.2) is 0 Å². The number of halogens is 3. The van der Waals surface area contributed by atoms with Crippen LogP contribution in [-0.4, -0.2) is 55.6 Å². The van der Waals surface area contributed by atoms with Gasteiger partial charge in [0.2, 0.25) is 0 Å². The van der Waals surface area contributed by atoms with Crippen LogP contribution >= 0.6 is 37.2 Å². The Kier molecular flexibility index (Phi) is 17.1. The molecule has 0 aliphatic carbocycles. The highest BCUT2D eigenvalue weighted by atomic mass is 35.5. The van der Waals surface area contributed by atoms with Crippen LogP contribution in [0.1, 0.15) is 6.92 Å². The average Bonchev–Trinajstić information content (AvgIpc) is 2.07. The Labute approximate surface area is 106 Å². The van der Waals surface area contributed by atoms with Crippen LogP contribution in [0.5, 0.6) is 0 Å². The number of piperazine rings is 1. The fourth-order valence-electron chi connectivity index (χ4n) is 1.51. The molecule has 1 heterocycles. The molecule has 0 atom stereocenters.